The lowest BCUT2D eigenvalue weighted by Crippen LogP contribution is -2.45. The summed E-state index contributed by atoms with van der Waals surface area (Å²) in [6.07, 6.45) is 6.33. The van der Waals surface area contributed by atoms with Crippen LogP contribution in [0.2, 0.25) is 0 Å². The van der Waals surface area contributed by atoms with Gasteiger partial charge in [-0.05, 0) is 31.9 Å². The summed E-state index contributed by atoms with van der Waals surface area (Å²) in [4.78, 5) is 11.9. The average molecular weight is 368 g/mol. The molecule has 25 heavy (non-hydrogen) atoms. The first-order valence-corrected chi connectivity index (χ1v) is 10.6. The molecule has 2 rings (SSSR count). The van der Waals surface area contributed by atoms with Gasteiger partial charge in [0.2, 0.25) is 10.0 Å². The van der Waals surface area contributed by atoms with Gasteiger partial charge in [0.25, 0.3) is 5.91 Å². The second-order valence-corrected chi connectivity index (χ2v) is 8.55. The Balaban J connectivity index is 1.76. The van der Waals surface area contributed by atoms with Crippen molar-refractivity contribution in [3.63, 3.8) is 0 Å². The highest BCUT2D eigenvalue weighted by molar-refractivity contribution is 7.88. The lowest BCUT2D eigenvalue weighted by atomic mass is 9.95. The van der Waals surface area contributed by atoms with Gasteiger partial charge in [0.1, 0.15) is 5.75 Å². The number of sulfonamides is 1. The summed E-state index contributed by atoms with van der Waals surface area (Å²) in [7, 11) is -3.27. The zero-order chi connectivity index (χ0) is 18.3. The first-order chi connectivity index (χ1) is 11.9. The average Bonchev–Trinajstić information content (AvgIpc) is 2.58. The molecule has 1 amide bonds. The Hall–Kier alpha value is -1.60. The number of hydrogen-bond acceptors (Lipinski definition) is 4. The van der Waals surface area contributed by atoms with E-state index in [1.165, 1.54) is 17.0 Å². The maximum Gasteiger partial charge on any atom is 0.257 e. The first-order valence-electron chi connectivity index (χ1n) is 8.79. The number of nitrogens with zero attached hydrogens (tertiary/aromatic N) is 1. The smallest absolute Gasteiger partial charge is 0.257 e. The molecule has 1 aromatic carbocycles. The molecule has 0 bridgehead atoms. The molecule has 0 atom stereocenters. The van der Waals surface area contributed by atoms with E-state index < -0.39 is 10.0 Å². The van der Waals surface area contributed by atoms with Crippen LogP contribution in [0.1, 0.15) is 37.7 Å². The minimum absolute atomic E-state index is 0.0597. The molecule has 1 fully saturated rings. The summed E-state index contributed by atoms with van der Waals surface area (Å²) in [5.74, 6) is 0.387. The topological polar surface area (TPSA) is 75.7 Å². The molecule has 1 aliphatic rings. The van der Waals surface area contributed by atoms with Crippen LogP contribution in [0.3, 0.4) is 0 Å². The van der Waals surface area contributed by atoms with Gasteiger partial charge in [-0.2, -0.15) is 4.31 Å². The molecule has 1 aromatic rings. The zero-order valence-corrected chi connectivity index (χ0v) is 15.8. The highest BCUT2D eigenvalue weighted by atomic mass is 32.2. The van der Waals surface area contributed by atoms with Crippen LogP contribution in [0.25, 0.3) is 0 Å². The van der Waals surface area contributed by atoms with Gasteiger partial charge in [-0.25, -0.2) is 8.42 Å². The SMILES string of the molecule is Cc1ccc(OCC(=O)NCCN(C2CCCCC2)S(C)(=O)=O)cc1. The summed E-state index contributed by atoms with van der Waals surface area (Å²) in [6.45, 7) is 2.50. The Morgan fingerprint density at radius 1 is 1.20 bits per heavy atom. The number of carbonyl (C=O) groups is 1. The van der Waals surface area contributed by atoms with E-state index in [-0.39, 0.29) is 18.6 Å². The van der Waals surface area contributed by atoms with Crippen LogP contribution < -0.4 is 10.1 Å². The van der Waals surface area contributed by atoms with Crippen molar-refractivity contribution in [2.45, 2.75) is 45.1 Å². The molecule has 0 unspecified atom stereocenters. The zero-order valence-electron chi connectivity index (χ0n) is 15.0. The monoisotopic (exact) mass is 368 g/mol. The van der Waals surface area contributed by atoms with Gasteiger partial charge in [-0.1, -0.05) is 37.0 Å². The second kappa shape index (κ2) is 9.20. The number of carbonyl (C=O) groups excluding carboxylic acids is 1. The second-order valence-electron chi connectivity index (χ2n) is 6.62. The van der Waals surface area contributed by atoms with E-state index in [0.29, 0.717) is 18.8 Å². The minimum Gasteiger partial charge on any atom is -0.484 e. The van der Waals surface area contributed by atoms with Crippen LogP contribution in [0, 0.1) is 6.92 Å². The molecule has 0 spiro atoms. The summed E-state index contributed by atoms with van der Waals surface area (Å²) in [6, 6.07) is 7.53. The van der Waals surface area contributed by atoms with Crippen molar-refractivity contribution < 1.29 is 17.9 Å². The highest BCUT2D eigenvalue weighted by Crippen LogP contribution is 2.24. The Bertz CT molecular complexity index is 652. The lowest BCUT2D eigenvalue weighted by molar-refractivity contribution is -0.123. The summed E-state index contributed by atoms with van der Waals surface area (Å²) in [5.41, 5.74) is 1.13. The third kappa shape index (κ3) is 6.66. The molecule has 1 saturated carbocycles. The summed E-state index contributed by atoms with van der Waals surface area (Å²) < 4.78 is 31.0. The molecule has 6 nitrogen and oxygen atoms in total. The van der Waals surface area contributed by atoms with E-state index in [1.807, 2.05) is 31.2 Å². The Kier molecular flexibility index (Phi) is 7.25. The predicted molar refractivity (Wildman–Crippen MR) is 98.1 cm³/mol. The number of ether oxygens (including phenoxy) is 1. The van der Waals surface area contributed by atoms with Gasteiger partial charge < -0.3 is 10.1 Å². The van der Waals surface area contributed by atoms with Crippen molar-refractivity contribution >= 4 is 15.9 Å². The molecule has 0 aromatic heterocycles. The van der Waals surface area contributed by atoms with Crippen LogP contribution >= 0.6 is 0 Å². The van der Waals surface area contributed by atoms with E-state index in [0.717, 1.165) is 31.2 Å². The van der Waals surface area contributed by atoms with Crippen LogP contribution in [0.5, 0.6) is 5.75 Å². The largest absolute Gasteiger partial charge is 0.484 e. The van der Waals surface area contributed by atoms with Gasteiger partial charge in [0.15, 0.2) is 6.61 Å². The fourth-order valence-electron chi connectivity index (χ4n) is 3.13. The minimum atomic E-state index is -3.27. The molecule has 0 heterocycles. The third-order valence-corrected chi connectivity index (χ3v) is 5.79. The number of benzene rings is 1. The van der Waals surface area contributed by atoms with E-state index in [9.17, 15) is 13.2 Å². The van der Waals surface area contributed by atoms with Crippen molar-refractivity contribution in [1.82, 2.24) is 9.62 Å². The predicted octanol–water partition coefficient (Wildman–Crippen LogP) is 2.08. The standard InChI is InChI=1S/C18H28N2O4S/c1-15-8-10-17(11-9-15)24-14-18(21)19-12-13-20(25(2,22)23)16-6-4-3-5-7-16/h8-11,16H,3-7,12-14H2,1-2H3,(H,19,21). The molecule has 0 aliphatic heterocycles. The van der Waals surface area contributed by atoms with Crippen molar-refractivity contribution in [3.8, 4) is 5.75 Å². The fourth-order valence-corrected chi connectivity index (χ4v) is 4.30. The number of aryl methyl sites for hydroxylation is 1. The maximum absolute atomic E-state index is 12.0. The van der Waals surface area contributed by atoms with E-state index in [4.69, 9.17) is 4.74 Å². The molecule has 140 valence electrons. The van der Waals surface area contributed by atoms with Crippen molar-refractivity contribution in [2.24, 2.45) is 0 Å². The van der Waals surface area contributed by atoms with Crippen LogP contribution in [0.4, 0.5) is 0 Å². The molecule has 1 aliphatic carbocycles. The number of amides is 1. The molecule has 1 N–H and O–H groups in total. The Morgan fingerprint density at radius 2 is 1.84 bits per heavy atom. The van der Waals surface area contributed by atoms with Crippen LogP contribution in [0.15, 0.2) is 24.3 Å². The van der Waals surface area contributed by atoms with E-state index in [2.05, 4.69) is 5.32 Å². The van der Waals surface area contributed by atoms with Crippen molar-refractivity contribution in [2.75, 3.05) is 26.0 Å². The van der Waals surface area contributed by atoms with Crippen molar-refractivity contribution in [3.05, 3.63) is 29.8 Å². The van der Waals surface area contributed by atoms with Gasteiger partial charge in [-0.15, -0.1) is 0 Å². The van der Waals surface area contributed by atoms with Crippen LogP contribution in [-0.4, -0.2) is 50.6 Å². The molecule has 7 heteroatoms. The Morgan fingerprint density at radius 3 is 2.44 bits per heavy atom. The van der Waals surface area contributed by atoms with Gasteiger partial charge in [0.05, 0.1) is 6.26 Å². The van der Waals surface area contributed by atoms with Gasteiger partial charge in [-0.3, -0.25) is 4.79 Å². The molecular weight excluding hydrogens is 340 g/mol. The van der Waals surface area contributed by atoms with Gasteiger partial charge in [0, 0.05) is 19.1 Å². The maximum atomic E-state index is 12.0. The summed E-state index contributed by atoms with van der Waals surface area (Å²) >= 11 is 0. The normalized spacial score (nSPS) is 16.0. The van der Waals surface area contributed by atoms with Gasteiger partial charge >= 0.3 is 0 Å². The number of hydrogen-bond donors (Lipinski definition) is 1. The van der Waals surface area contributed by atoms with E-state index >= 15 is 0 Å². The molecule has 0 radical (unpaired) electrons. The quantitative estimate of drug-likeness (QED) is 0.762. The fraction of sp³-hybridized carbons (Fsp3) is 0.611. The van der Waals surface area contributed by atoms with Crippen LogP contribution in [-0.2, 0) is 14.8 Å². The Labute approximate surface area is 150 Å². The third-order valence-electron chi connectivity index (χ3n) is 4.45. The molecule has 0 saturated heterocycles. The number of rotatable bonds is 8. The van der Waals surface area contributed by atoms with E-state index in [1.54, 1.807) is 0 Å². The first kappa shape index (κ1) is 19.7. The lowest BCUT2D eigenvalue weighted by Gasteiger charge is -2.32. The number of nitrogens with one attached hydrogen (secondary N) is 1. The van der Waals surface area contributed by atoms with Crippen molar-refractivity contribution in [1.29, 1.82) is 0 Å². The summed E-state index contributed by atoms with van der Waals surface area (Å²) in [5, 5.41) is 2.74. The highest BCUT2D eigenvalue weighted by Gasteiger charge is 2.27. The molecular formula is C18H28N2O4S.